The van der Waals surface area contributed by atoms with E-state index in [1.54, 1.807) is 12.7 Å². The van der Waals surface area contributed by atoms with E-state index in [1.807, 2.05) is 0 Å². The molecule has 0 heterocycles. The number of aryl methyl sites for hydroxylation is 1. The van der Waals surface area contributed by atoms with E-state index in [4.69, 9.17) is 10.5 Å². The average Bonchev–Trinajstić information content (AvgIpc) is 3.06. The summed E-state index contributed by atoms with van der Waals surface area (Å²) in [7, 11) is 1.79. The number of rotatable bonds is 3. The van der Waals surface area contributed by atoms with Crippen LogP contribution in [0.15, 0.2) is 12.1 Å². The first-order chi connectivity index (χ1) is 8.80. The van der Waals surface area contributed by atoms with Gasteiger partial charge in [0, 0.05) is 17.5 Å². The van der Waals surface area contributed by atoms with Crippen molar-refractivity contribution < 1.29 is 4.74 Å². The van der Waals surface area contributed by atoms with Crippen LogP contribution < -0.4 is 10.5 Å². The van der Waals surface area contributed by atoms with Crippen molar-refractivity contribution in [3.8, 4) is 5.75 Å². The molecule has 98 valence electrons. The summed E-state index contributed by atoms with van der Waals surface area (Å²) in [6.45, 7) is 0.764. The molecule has 0 aliphatic heterocycles. The Morgan fingerprint density at radius 2 is 1.94 bits per heavy atom. The summed E-state index contributed by atoms with van der Waals surface area (Å²) in [4.78, 5) is 0. The zero-order valence-corrected chi connectivity index (χ0v) is 11.3. The lowest BCUT2D eigenvalue weighted by molar-refractivity contribution is 0.375. The lowest BCUT2D eigenvalue weighted by Gasteiger charge is -2.32. The molecule has 2 nitrogen and oxygen atoms in total. The predicted molar refractivity (Wildman–Crippen MR) is 74.2 cm³/mol. The highest BCUT2D eigenvalue weighted by Gasteiger charge is 2.39. The fourth-order valence-electron chi connectivity index (χ4n) is 4.00. The largest absolute Gasteiger partial charge is 0.496 e. The Morgan fingerprint density at radius 3 is 2.61 bits per heavy atom. The van der Waals surface area contributed by atoms with Gasteiger partial charge in [0.15, 0.2) is 0 Å². The molecule has 1 aromatic rings. The van der Waals surface area contributed by atoms with Crippen LogP contribution in [0.3, 0.4) is 0 Å². The minimum Gasteiger partial charge on any atom is -0.496 e. The average molecular weight is 245 g/mol. The summed E-state index contributed by atoms with van der Waals surface area (Å²) in [5.41, 5.74) is 10.9. The van der Waals surface area contributed by atoms with Crippen LogP contribution >= 0.6 is 0 Å². The molecule has 1 saturated carbocycles. The molecular weight excluding hydrogens is 222 g/mol. The molecule has 0 amide bonds. The highest BCUT2D eigenvalue weighted by atomic mass is 16.5. The Bertz CT molecular complexity index is 447. The van der Waals surface area contributed by atoms with E-state index in [0.717, 1.165) is 12.3 Å². The normalized spacial score (nSPS) is 21.0. The van der Waals surface area contributed by atoms with Gasteiger partial charge in [0.1, 0.15) is 5.75 Å². The van der Waals surface area contributed by atoms with Crippen LogP contribution in [0, 0.1) is 0 Å². The van der Waals surface area contributed by atoms with Crippen LogP contribution in [0.2, 0.25) is 0 Å². The molecule has 0 spiro atoms. The molecule has 2 aliphatic carbocycles. The molecular formula is C16H23NO. The molecule has 1 fully saturated rings. The second kappa shape index (κ2) is 4.58. The Hall–Kier alpha value is -1.02. The fraction of sp³-hybridized carbons (Fsp3) is 0.625. The van der Waals surface area contributed by atoms with Crippen molar-refractivity contribution in [2.45, 2.75) is 50.4 Å². The standard InChI is InChI=1S/C16H23NO/c1-18-14-8-7-12-5-4-6-13(12)15(14)16(11-17)9-2-3-10-16/h7-8H,2-6,9-11,17H2,1H3. The first-order valence-corrected chi connectivity index (χ1v) is 7.20. The lowest BCUT2D eigenvalue weighted by atomic mass is 9.75. The van der Waals surface area contributed by atoms with Gasteiger partial charge < -0.3 is 10.5 Å². The number of ether oxygens (including phenoxy) is 1. The summed E-state index contributed by atoms with van der Waals surface area (Å²) >= 11 is 0. The van der Waals surface area contributed by atoms with Crippen LogP contribution in [0.5, 0.6) is 5.75 Å². The monoisotopic (exact) mass is 245 g/mol. The third kappa shape index (κ3) is 1.66. The van der Waals surface area contributed by atoms with Crippen molar-refractivity contribution in [2.75, 3.05) is 13.7 Å². The zero-order valence-electron chi connectivity index (χ0n) is 11.3. The fourth-order valence-corrected chi connectivity index (χ4v) is 4.00. The van der Waals surface area contributed by atoms with E-state index in [0.29, 0.717) is 0 Å². The van der Waals surface area contributed by atoms with Gasteiger partial charge in [0.05, 0.1) is 7.11 Å². The molecule has 0 saturated heterocycles. The van der Waals surface area contributed by atoms with Gasteiger partial charge in [-0.15, -0.1) is 0 Å². The molecule has 2 aliphatic rings. The lowest BCUT2D eigenvalue weighted by Crippen LogP contribution is -2.33. The van der Waals surface area contributed by atoms with E-state index < -0.39 is 0 Å². The summed E-state index contributed by atoms with van der Waals surface area (Å²) < 4.78 is 5.65. The highest BCUT2D eigenvalue weighted by molar-refractivity contribution is 5.52. The molecule has 0 aromatic heterocycles. The van der Waals surface area contributed by atoms with Crippen molar-refractivity contribution >= 4 is 0 Å². The van der Waals surface area contributed by atoms with E-state index in [9.17, 15) is 0 Å². The van der Waals surface area contributed by atoms with Gasteiger partial charge in [-0.2, -0.15) is 0 Å². The summed E-state index contributed by atoms with van der Waals surface area (Å²) in [5.74, 6) is 1.07. The van der Waals surface area contributed by atoms with Crippen molar-refractivity contribution in [1.82, 2.24) is 0 Å². The van der Waals surface area contributed by atoms with Gasteiger partial charge in [0.25, 0.3) is 0 Å². The third-order valence-corrected chi connectivity index (χ3v) is 4.95. The van der Waals surface area contributed by atoms with Crippen LogP contribution in [0.25, 0.3) is 0 Å². The van der Waals surface area contributed by atoms with Crippen LogP contribution in [-0.4, -0.2) is 13.7 Å². The highest BCUT2D eigenvalue weighted by Crippen LogP contribution is 2.47. The van der Waals surface area contributed by atoms with Gasteiger partial charge in [-0.25, -0.2) is 0 Å². The summed E-state index contributed by atoms with van der Waals surface area (Å²) in [5, 5.41) is 0. The molecule has 18 heavy (non-hydrogen) atoms. The summed E-state index contributed by atoms with van der Waals surface area (Å²) in [6, 6.07) is 4.42. The SMILES string of the molecule is COc1ccc2c(c1C1(CN)CCCC1)CCC2. The first-order valence-electron chi connectivity index (χ1n) is 7.20. The topological polar surface area (TPSA) is 35.2 Å². The summed E-state index contributed by atoms with van der Waals surface area (Å²) in [6.07, 6.45) is 8.81. The number of methoxy groups -OCH3 is 1. The Labute approximate surface area is 110 Å². The van der Waals surface area contributed by atoms with Crippen molar-refractivity contribution in [2.24, 2.45) is 5.73 Å². The Balaban J connectivity index is 2.17. The van der Waals surface area contributed by atoms with Gasteiger partial charge in [-0.05, 0) is 49.3 Å². The van der Waals surface area contributed by atoms with Crippen molar-refractivity contribution in [1.29, 1.82) is 0 Å². The Morgan fingerprint density at radius 1 is 1.17 bits per heavy atom. The molecule has 0 bridgehead atoms. The minimum atomic E-state index is 0.195. The first kappa shape index (κ1) is 12.0. The van der Waals surface area contributed by atoms with Crippen LogP contribution in [0.4, 0.5) is 0 Å². The Kier molecular flexibility index (Phi) is 3.06. The van der Waals surface area contributed by atoms with Gasteiger partial charge >= 0.3 is 0 Å². The maximum Gasteiger partial charge on any atom is 0.122 e. The molecule has 1 aromatic carbocycles. The number of hydrogen-bond acceptors (Lipinski definition) is 2. The van der Waals surface area contributed by atoms with E-state index in [1.165, 1.54) is 56.1 Å². The quantitative estimate of drug-likeness (QED) is 0.888. The third-order valence-electron chi connectivity index (χ3n) is 4.95. The zero-order chi connectivity index (χ0) is 12.6. The number of hydrogen-bond donors (Lipinski definition) is 1. The van der Waals surface area contributed by atoms with E-state index in [2.05, 4.69) is 12.1 Å². The van der Waals surface area contributed by atoms with Gasteiger partial charge in [-0.1, -0.05) is 18.9 Å². The molecule has 2 N–H and O–H groups in total. The minimum absolute atomic E-state index is 0.195. The second-order valence-electron chi connectivity index (χ2n) is 5.83. The predicted octanol–water partition coefficient (Wildman–Crippen LogP) is 2.95. The maximum absolute atomic E-state index is 6.16. The molecule has 2 heteroatoms. The van der Waals surface area contributed by atoms with E-state index >= 15 is 0 Å². The van der Waals surface area contributed by atoms with Gasteiger partial charge in [-0.3, -0.25) is 0 Å². The smallest absolute Gasteiger partial charge is 0.122 e. The molecule has 0 atom stereocenters. The van der Waals surface area contributed by atoms with Gasteiger partial charge in [0.2, 0.25) is 0 Å². The van der Waals surface area contributed by atoms with Crippen LogP contribution in [-0.2, 0) is 18.3 Å². The molecule has 3 rings (SSSR count). The number of fused-ring (bicyclic) bond motifs is 1. The maximum atomic E-state index is 6.16. The van der Waals surface area contributed by atoms with E-state index in [-0.39, 0.29) is 5.41 Å². The number of benzene rings is 1. The molecule has 0 unspecified atom stereocenters. The molecule has 0 radical (unpaired) electrons. The van der Waals surface area contributed by atoms with Crippen LogP contribution in [0.1, 0.15) is 48.8 Å². The van der Waals surface area contributed by atoms with Crippen molar-refractivity contribution in [3.63, 3.8) is 0 Å². The second-order valence-corrected chi connectivity index (χ2v) is 5.83. The van der Waals surface area contributed by atoms with Crippen molar-refractivity contribution in [3.05, 3.63) is 28.8 Å². The number of nitrogens with two attached hydrogens (primary N) is 1.